The summed E-state index contributed by atoms with van der Waals surface area (Å²) < 4.78 is 36.8. The molecular weight excluding hydrogens is 209 g/mol. The van der Waals surface area contributed by atoms with Crippen molar-refractivity contribution in [1.82, 2.24) is 9.97 Å². The molecule has 2 aromatic rings. The van der Waals surface area contributed by atoms with E-state index in [1.807, 2.05) is 0 Å². The van der Waals surface area contributed by atoms with Gasteiger partial charge in [0, 0.05) is 5.56 Å². The summed E-state index contributed by atoms with van der Waals surface area (Å²) >= 11 is 0. The summed E-state index contributed by atoms with van der Waals surface area (Å²) in [5.41, 5.74) is 0.381. The number of nitrogens with one attached hydrogen (secondary N) is 1. The first-order chi connectivity index (χ1) is 7.02. The Morgan fingerprint density at radius 3 is 2.67 bits per heavy atom. The molecule has 0 aliphatic heterocycles. The van der Waals surface area contributed by atoms with Crippen LogP contribution in [0.2, 0.25) is 0 Å². The van der Waals surface area contributed by atoms with Gasteiger partial charge in [-0.2, -0.15) is 13.2 Å². The number of aldehydes is 1. The van der Waals surface area contributed by atoms with Crippen LogP contribution in [0.25, 0.3) is 11.0 Å². The third-order valence-electron chi connectivity index (χ3n) is 1.94. The molecular formula is C9H5F3N2O. The maximum Gasteiger partial charge on any atom is 0.449 e. The summed E-state index contributed by atoms with van der Waals surface area (Å²) in [4.78, 5) is 16.0. The maximum absolute atomic E-state index is 12.3. The zero-order chi connectivity index (χ0) is 11.1. The van der Waals surface area contributed by atoms with Crippen LogP contribution in [0.1, 0.15) is 16.2 Å². The Kier molecular flexibility index (Phi) is 1.99. The molecule has 0 saturated heterocycles. The van der Waals surface area contributed by atoms with Gasteiger partial charge in [0.05, 0.1) is 11.0 Å². The number of halogens is 3. The Morgan fingerprint density at radius 1 is 1.33 bits per heavy atom. The SMILES string of the molecule is O=Cc1cccc2[nH]c(C(F)(F)F)nc12. The van der Waals surface area contributed by atoms with Gasteiger partial charge in [0.25, 0.3) is 0 Å². The number of aromatic amines is 1. The van der Waals surface area contributed by atoms with Crippen molar-refractivity contribution in [3.05, 3.63) is 29.6 Å². The van der Waals surface area contributed by atoms with Crippen molar-refractivity contribution < 1.29 is 18.0 Å². The molecule has 0 atom stereocenters. The smallest absolute Gasteiger partial charge is 0.334 e. The van der Waals surface area contributed by atoms with Crippen LogP contribution in [0.4, 0.5) is 13.2 Å². The molecule has 1 N–H and O–H groups in total. The molecule has 78 valence electrons. The molecule has 0 saturated carbocycles. The molecule has 6 heteroatoms. The normalized spacial score (nSPS) is 11.9. The van der Waals surface area contributed by atoms with Crippen molar-refractivity contribution in [2.75, 3.05) is 0 Å². The van der Waals surface area contributed by atoms with E-state index in [0.717, 1.165) is 0 Å². The minimum Gasteiger partial charge on any atom is -0.334 e. The lowest BCUT2D eigenvalue weighted by Crippen LogP contribution is -2.06. The Balaban J connectivity index is 2.70. The van der Waals surface area contributed by atoms with Crippen molar-refractivity contribution in [1.29, 1.82) is 0 Å². The average Bonchev–Trinajstić information content (AvgIpc) is 2.59. The van der Waals surface area contributed by atoms with Crippen LogP contribution in [0.3, 0.4) is 0 Å². The van der Waals surface area contributed by atoms with Crippen molar-refractivity contribution in [3.63, 3.8) is 0 Å². The number of carbonyl (C=O) groups is 1. The zero-order valence-corrected chi connectivity index (χ0v) is 7.30. The minimum atomic E-state index is -4.53. The fourth-order valence-corrected chi connectivity index (χ4v) is 1.28. The van der Waals surface area contributed by atoms with E-state index in [1.54, 1.807) is 0 Å². The quantitative estimate of drug-likeness (QED) is 0.741. The first kappa shape index (κ1) is 9.70. The highest BCUT2D eigenvalue weighted by Gasteiger charge is 2.34. The number of hydrogen-bond donors (Lipinski definition) is 1. The van der Waals surface area contributed by atoms with Crippen LogP contribution in [-0.4, -0.2) is 16.3 Å². The number of benzene rings is 1. The fourth-order valence-electron chi connectivity index (χ4n) is 1.28. The number of nitrogens with zero attached hydrogens (tertiary/aromatic N) is 1. The van der Waals surface area contributed by atoms with E-state index < -0.39 is 12.0 Å². The molecule has 1 heterocycles. The van der Waals surface area contributed by atoms with Gasteiger partial charge in [-0.3, -0.25) is 4.79 Å². The number of imidazole rings is 1. The molecule has 3 nitrogen and oxygen atoms in total. The van der Waals surface area contributed by atoms with Gasteiger partial charge in [0.2, 0.25) is 5.82 Å². The number of fused-ring (bicyclic) bond motifs is 1. The highest BCUT2D eigenvalue weighted by atomic mass is 19.4. The molecule has 0 aliphatic carbocycles. The average molecular weight is 214 g/mol. The van der Waals surface area contributed by atoms with Gasteiger partial charge in [-0.15, -0.1) is 0 Å². The number of hydrogen-bond acceptors (Lipinski definition) is 2. The van der Waals surface area contributed by atoms with Crippen molar-refractivity contribution in [2.45, 2.75) is 6.18 Å². The summed E-state index contributed by atoms with van der Waals surface area (Å²) in [5.74, 6) is -1.09. The Bertz CT molecular complexity index is 516. The molecule has 0 unspecified atom stereocenters. The van der Waals surface area contributed by atoms with E-state index in [2.05, 4.69) is 9.97 Å². The lowest BCUT2D eigenvalue weighted by molar-refractivity contribution is -0.144. The molecule has 0 spiro atoms. The topological polar surface area (TPSA) is 45.8 Å². The van der Waals surface area contributed by atoms with Gasteiger partial charge in [-0.1, -0.05) is 6.07 Å². The standard InChI is InChI=1S/C9H5F3N2O/c10-9(11,12)8-13-6-3-1-2-5(4-15)7(6)14-8/h1-4H,(H,13,14). The van der Waals surface area contributed by atoms with Crippen molar-refractivity contribution >= 4 is 17.3 Å². The Hall–Kier alpha value is -1.85. The van der Waals surface area contributed by atoms with E-state index in [-0.39, 0.29) is 16.6 Å². The first-order valence-electron chi connectivity index (χ1n) is 4.03. The van der Waals surface area contributed by atoms with Gasteiger partial charge in [0.15, 0.2) is 6.29 Å². The second-order valence-corrected chi connectivity index (χ2v) is 2.94. The fraction of sp³-hybridized carbons (Fsp3) is 0.111. The van der Waals surface area contributed by atoms with E-state index in [9.17, 15) is 18.0 Å². The van der Waals surface area contributed by atoms with Crippen LogP contribution in [0.5, 0.6) is 0 Å². The number of aromatic nitrogens is 2. The monoisotopic (exact) mass is 214 g/mol. The lowest BCUT2D eigenvalue weighted by Gasteiger charge is -1.98. The molecule has 0 radical (unpaired) electrons. The van der Waals surface area contributed by atoms with Gasteiger partial charge in [-0.05, 0) is 12.1 Å². The number of alkyl halides is 3. The highest BCUT2D eigenvalue weighted by molar-refractivity contribution is 5.94. The molecule has 1 aromatic heterocycles. The molecule has 15 heavy (non-hydrogen) atoms. The molecule has 1 aromatic carbocycles. The predicted molar refractivity (Wildman–Crippen MR) is 46.5 cm³/mol. The molecule has 2 rings (SSSR count). The first-order valence-corrected chi connectivity index (χ1v) is 4.03. The van der Waals surface area contributed by atoms with Gasteiger partial charge >= 0.3 is 6.18 Å². The maximum atomic E-state index is 12.3. The second-order valence-electron chi connectivity index (χ2n) is 2.94. The summed E-state index contributed by atoms with van der Waals surface area (Å²) in [6.45, 7) is 0. The number of para-hydroxylation sites is 1. The van der Waals surface area contributed by atoms with Gasteiger partial charge in [-0.25, -0.2) is 4.98 Å². The third-order valence-corrected chi connectivity index (χ3v) is 1.94. The third kappa shape index (κ3) is 1.58. The zero-order valence-electron chi connectivity index (χ0n) is 7.30. The summed E-state index contributed by atoms with van der Waals surface area (Å²) in [6, 6.07) is 4.34. The minimum absolute atomic E-state index is 0.0415. The van der Waals surface area contributed by atoms with Gasteiger partial charge in [0.1, 0.15) is 0 Å². The second kappa shape index (κ2) is 3.08. The Labute approximate surface area is 81.9 Å². The number of rotatable bonds is 1. The van der Waals surface area contributed by atoms with E-state index in [4.69, 9.17) is 0 Å². The predicted octanol–water partition coefficient (Wildman–Crippen LogP) is 2.39. The number of H-pyrrole nitrogens is 1. The highest BCUT2D eigenvalue weighted by Crippen LogP contribution is 2.29. The van der Waals surface area contributed by atoms with Crippen LogP contribution in [0, 0.1) is 0 Å². The van der Waals surface area contributed by atoms with Crippen molar-refractivity contribution in [2.24, 2.45) is 0 Å². The molecule has 0 bridgehead atoms. The summed E-state index contributed by atoms with van der Waals surface area (Å²) in [6.07, 6.45) is -4.05. The molecule has 0 fully saturated rings. The van der Waals surface area contributed by atoms with Crippen LogP contribution in [-0.2, 0) is 6.18 Å². The molecule has 0 aliphatic rings. The largest absolute Gasteiger partial charge is 0.449 e. The van der Waals surface area contributed by atoms with E-state index >= 15 is 0 Å². The van der Waals surface area contributed by atoms with Crippen LogP contribution >= 0.6 is 0 Å². The summed E-state index contributed by atoms with van der Waals surface area (Å²) in [5, 5.41) is 0. The van der Waals surface area contributed by atoms with Gasteiger partial charge < -0.3 is 4.98 Å². The molecule has 0 amide bonds. The number of carbonyl (C=O) groups excluding carboxylic acids is 1. The van der Waals surface area contributed by atoms with E-state index in [0.29, 0.717) is 6.29 Å². The van der Waals surface area contributed by atoms with Crippen LogP contribution in [0.15, 0.2) is 18.2 Å². The van der Waals surface area contributed by atoms with Crippen molar-refractivity contribution in [3.8, 4) is 0 Å². The lowest BCUT2D eigenvalue weighted by atomic mass is 10.2. The summed E-state index contributed by atoms with van der Waals surface area (Å²) in [7, 11) is 0. The Morgan fingerprint density at radius 2 is 2.07 bits per heavy atom. The van der Waals surface area contributed by atoms with Crippen LogP contribution < -0.4 is 0 Å². The van der Waals surface area contributed by atoms with E-state index in [1.165, 1.54) is 18.2 Å².